The molecule has 0 atom stereocenters. The van der Waals surface area contributed by atoms with Crippen molar-refractivity contribution in [3.63, 3.8) is 0 Å². The topological polar surface area (TPSA) is 0 Å². The summed E-state index contributed by atoms with van der Waals surface area (Å²) in [4.78, 5) is 0. The fraction of sp³-hybridized carbons (Fsp3) is 0.950. The molecule has 0 radical (unpaired) electrons. The van der Waals surface area contributed by atoms with Gasteiger partial charge in [0.1, 0.15) is 0 Å². The molecule has 0 aromatic carbocycles. The molecule has 0 amide bonds. The predicted molar refractivity (Wildman–Crippen MR) is 572 cm³/mol. The second-order valence-electron chi connectivity index (χ2n) is 42.9. The van der Waals surface area contributed by atoms with Crippen LogP contribution in [0.15, 0.2) is 36.5 Å². The maximum Gasteiger partial charge on any atom is -0.0234 e. The molecule has 0 aliphatic carbocycles. The van der Waals surface area contributed by atoms with E-state index in [1.807, 2.05) is 0 Å². The monoisotopic (exact) mass is 1700 g/mol. The minimum absolute atomic E-state index is 0.804. The van der Waals surface area contributed by atoms with Crippen molar-refractivity contribution in [2.24, 2.45) is 82.9 Å². The Labute approximate surface area is 776 Å². The molecule has 0 N–H and O–H groups in total. The van der Waals surface area contributed by atoms with Crippen LogP contribution in [-0.2, 0) is 0 Å². The van der Waals surface area contributed by atoms with E-state index in [4.69, 9.17) is 0 Å². The second kappa shape index (κ2) is 115. The normalized spacial score (nSPS) is 11.9. The third-order valence-electron chi connectivity index (χ3n) is 26.0. The van der Waals surface area contributed by atoms with Crippen LogP contribution < -0.4 is 0 Å². The number of hydrogen-bond acceptors (Lipinski definition) is 0. The molecule has 0 rings (SSSR count). The van der Waals surface area contributed by atoms with Gasteiger partial charge in [0.05, 0.1) is 0 Å². The van der Waals surface area contributed by atoms with Gasteiger partial charge in [-0.2, -0.15) is 0 Å². The lowest BCUT2D eigenvalue weighted by Crippen LogP contribution is -2.02. The maximum atomic E-state index is 2.51. The Bertz CT molecular complexity index is 1730. The highest BCUT2D eigenvalue weighted by Gasteiger charge is 2.15. The van der Waals surface area contributed by atoms with Crippen molar-refractivity contribution in [3.05, 3.63) is 36.5 Å². The minimum Gasteiger partial charge on any atom is -0.0883 e. The molecule has 0 aromatic heterocycles. The SMILES string of the molecule is CCCCC(C/C=C\CC(C)C)CCCC.CCCCC(CCCC)CCCCC(C)C.CCCCCC(/C=C\CC(C)C)CCCCC.CCCCCC(C/C=C\CC(C)C)CCCCC.CCCCCC(CCCCC)CCCC(C)C.CCCCCC(CCCCC)CCCCC(C)C.CCCCCCC(CCCCCC)CCCC(C)C. The zero-order chi connectivity index (χ0) is 91.9. The van der Waals surface area contributed by atoms with E-state index < -0.39 is 0 Å². The lowest BCUT2D eigenvalue weighted by atomic mass is 9.89. The fourth-order valence-electron chi connectivity index (χ4n) is 17.4. The number of rotatable bonds is 83. The van der Waals surface area contributed by atoms with E-state index in [0.717, 1.165) is 82.9 Å². The summed E-state index contributed by atoms with van der Waals surface area (Å²) in [6.45, 7) is 64.8. The Morgan fingerprint density at radius 1 is 0.124 bits per heavy atom. The molecular weight excluding hydrogens is 1450 g/mol. The Morgan fingerprint density at radius 3 is 0.512 bits per heavy atom. The fourth-order valence-corrected chi connectivity index (χ4v) is 17.4. The second-order valence-corrected chi connectivity index (χ2v) is 42.9. The molecule has 0 heterocycles. The standard InChI is InChI=1S/C19H40.C18H38.C18H36.C17H36.C17H34.C16H34.C16H32/c1-5-7-9-11-15-19(16-12-10-8-6-2)17-13-14-18(3)4;2*1-5-7-9-14-18(15-10-8-6-2)16-12-11-13-17(3)4;2*1-5-7-9-13-17(14-10-8-6-2)15-11-12-16(3)4;2*1-5-7-12-16(13-8-6-2)14-10-9-11-15(3)4/h18-19H,5-17H2,1-4H3;17-18H,5-16H2,1-4H3;11-12,17-18H,5-10,13-16H2,1-4H3;16-17H,5-15H2,1-4H3;11,15-17H,5-10,12-14H2,1-4H3;15-16H,5-14H2,1-4H3;9-10,15-16H,5-8,11-14H2,1-4H3/b;;12-11-;;15-11-;;10-9-. The van der Waals surface area contributed by atoms with E-state index in [9.17, 15) is 0 Å². The van der Waals surface area contributed by atoms with E-state index in [2.05, 4.69) is 230 Å². The molecule has 0 spiro atoms. The first-order valence-electron chi connectivity index (χ1n) is 57.4. The Kier molecular flexibility index (Phi) is 127. The molecule has 0 heteroatoms. The number of hydrogen-bond donors (Lipinski definition) is 0. The molecular formula is C121H250. The quantitative estimate of drug-likeness (QED) is 0.0421. The first-order valence-corrected chi connectivity index (χ1v) is 57.4. The van der Waals surface area contributed by atoms with Gasteiger partial charge in [-0.3, -0.25) is 0 Å². The van der Waals surface area contributed by atoms with Gasteiger partial charge in [0, 0.05) is 0 Å². The van der Waals surface area contributed by atoms with Gasteiger partial charge in [0.2, 0.25) is 0 Å². The number of allylic oxidation sites excluding steroid dienone is 6. The summed E-state index contributed by atoms with van der Waals surface area (Å²) in [6.07, 6.45) is 118. The van der Waals surface area contributed by atoms with Crippen molar-refractivity contribution in [2.75, 3.05) is 0 Å². The molecule has 0 unspecified atom stereocenters. The van der Waals surface area contributed by atoms with Crippen LogP contribution in [0, 0.1) is 82.9 Å². The molecule has 0 fully saturated rings. The van der Waals surface area contributed by atoms with Crippen molar-refractivity contribution in [1.82, 2.24) is 0 Å². The van der Waals surface area contributed by atoms with Crippen LogP contribution in [0.5, 0.6) is 0 Å². The van der Waals surface area contributed by atoms with Crippen molar-refractivity contribution in [3.8, 4) is 0 Å². The van der Waals surface area contributed by atoms with Crippen molar-refractivity contribution in [2.45, 2.75) is 663 Å². The van der Waals surface area contributed by atoms with Gasteiger partial charge in [-0.05, 0) is 128 Å². The summed E-state index contributed by atoms with van der Waals surface area (Å²) >= 11 is 0. The lowest BCUT2D eigenvalue weighted by molar-refractivity contribution is 0.360. The molecule has 0 saturated carbocycles. The summed E-state index contributed by atoms with van der Waals surface area (Å²) in [5.41, 5.74) is 0. The van der Waals surface area contributed by atoms with E-state index in [0.29, 0.717) is 0 Å². The molecule has 0 bridgehead atoms. The van der Waals surface area contributed by atoms with Crippen molar-refractivity contribution >= 4 is 0 Å². The average Bonchev–Trinajstić information content (AvgIpc) is 1.02. The lowest BCUT2D eigenvalue weighted by Gasteiger charge is -2.17. The number of unbranched alkanes of at least 4 members (excludes halogenated alkanes) is 28. The van der Waals surface area contributed by atoms with Gasteiger partial charge in [-0.25, -0.2) is 0 Å². The third kappa shape index (κ3) is 128. The van der Waals surface area contributed by atoms with Gasteiger partial charge >= 0.3 is 0 Å². The molecule has 121 heavy (non-hydrogen) atoms. The zero-order valence-electron chi connectivity index (χ0n) is 91.2. The van der Waals surface area contributed by atoms with Gasteiger partial charge in [0.15, 0.2) is 0 Å². The van der Waals surface area contributed by atoms with Gasteiger partial charge < -0.3 is 0 Å². The van der Waals surface area contributed by atoms with Crippen LogP contribution >= 0.6 is 0 Å². The van der Waals surface area contributed by atoms with E-state index >= 15 is 0 Å². The van der Waals surface area contributed by atoms with Crippen LogP contribution in [0.1, 0.15) is 663 Å². The summed E-state index contributed by atoms with van der Waals surface area (Å²) < 4.78 is 0. The van der Waals surface area contributed by atoms with Crippen molar-refractivity contribution < 1.29 is 0 Å². The highest BCUT2D eigenvalue weighted by Crippen LogP contribution is 2.30. The van der Waals surface area contributed by atoms with E-state index in [-0.39, 0.29) is 0 Å². The van der Waals surface area contributed by atoms with Crippen LogP contribution in [0.3, 0.4) is 0 Å². The predicted octanol–water partition coefficient (Wildman–Crippen LogP) is 46.2. The highest BCUT2D eigenvalue weighted by molar-refractivity contribution is 4.90. The first-order chi connectivity index (χ1) is 58.4. The van der Waals surface area contributed by atoms with Gasteiger partial charge in [0.25, 0.3) is 0 Å². The van der Waals surface area contributed by atoms with Crippen LogP contribution in [0.25, 0.3) is 0 Å². The largest absolute Gasteiger partial charge is 0.0883 e. The molecule has 734 valence electrons. The Hall–Kier alpha value is -0.780. The third-order valence-corrected chi connectivity index (χ3v) is 26.0. The minimum atomic E-state index is 0.804. The zero-order valence-corrected chi connectivity index (χ0v) is 91.2. The Balaban J connectivity index is -0.000000251. The summed E-state index contributed by atoms with van der Waals surface area (Å²) in [6, 6.07) is 0. The van der Waals surface area contributed by atoms with Crippen LogP contribution in [0.4, 0.5) is 0 Å². The maximum absolute atomic E-state index is 2.51. The Morgan fingerprint density at radius 2 is 0.281 bits per heavy atom. The smallest absolute Gasteiger partial charge is 0.0234 e. The molecule has 0 aromatic rings. The van der Waals surface area contributed by atoms with E-state index in [1.54, 1.807) is 0 Å². The van der Waals surface area contributed by atoms with Crippen LogP contribution in [-0.4, -0.2) is 0 Å². The highest BCUT2D eigenvalue weighted by atomic mass is 14.2. The molecule has 0 aliphatic rings. The van der Waals surface area contributed by atoms with Crippen LogP contribution in [0.2, 0.25) is 0 Å². The summed E-state index contributed by atoms with van der Waals surface area (Å²) in [5, 5.41) is 0. The molecule has 0 nitrogen and oxygen atoms in total. The van der Waals surface area contributed by atoms with E-state index in [1.165, 1.54) is 469 Å². The first kappa shape index (κ1) is 133. The summed E-state index contributed by atoms with van der Waals surface area (Å²) in [7, 11) is 0. The molecule has 0 aliphatic heterocycles. The molecule has 0 saturated heterocycles. The average molecular weight is 1710 g/mol. The van der Waals surface area contributed by atoms with Gasteiger partial charge in [-0.15, -0.1) is 0 Å². The summed E-state index contributed by atoms with van der Waals surface area (Å²) in [5.74, 6) is 12.9. The van der Waals surface area contributed by atoms with Crippen molar-refractivity contribution in [1.29, 1.82) is 0 Å². The van der Waals surface area contributed by atoms with Gasteiger partial charge in [-0.1, -0.05) is 654 Å².